The standard InChI is InChI=1S/C33H37N3O5SSi.ClH/c1-32(2,30(39)40-21-22-43(3,4)5)41-36-28(29(37)38)27-23-42-31(34-27)35-33(24-15-9-6-10-16-24,25-17-11-7-12-18-25)26-19-13-8-14-20-26;/h6-20,23H,21-22H2,1-5H3,(H,34,35)(H,37,38);1H. The van der Waals surface area contributed by atoms with E-state index >= 15 is 0 Å². The molecule has 1 aromatic heterocycles. The Kier molecular flexibility index (Phi) is 11.5. The lowest BCUT2D eigenvalue weighted by atomic mass is 9.77. The van der Waals surface area contributed by atoms with E-state index in [1.165, 1.54) is 25.2 Å². The number of benzene rings is 3. The number of carbonyl (C=O) groups excluding carboxylic acids is 1. The number of oxime groups is 1. The largest absolute Gasteiger partial charge is 0.476 e. The van der Waals surface area contributed by atoms with Crippen LogP contribution in [0.4, 0.5) is 5.13 Å². The fraction of sp³-hybridized carbons (Fsp3) is 0.273. The van der Waals surface area contributed by atoms with Gasteiger partial charge in [-0.05, 0) is 36.6 Å². The first-order valence-electron chi connectivity index (χ1n) is 14.0. The normalized spacial score (nSPS) is 12.2. The van der Waals surface area contributed by atoms with Gasteiger partial charge in [0.15, 0.2) is 5.13 Å². The van der Waals surface area contributed by atoms with Gasteiger partial charge in [-0.15, -0.1) is 23.7 Å². The molecular weight excluding hydrogens is 614 g/mol. The maximum Gasteiger partial charge on any atom is 0.360 e. The molecule has 0 unspecified atom stereocenters. The minimum Gasteiger partial charge on any atom is -0.476 e. The van der Waals surface area contributed by atoms with Crippen molar-refractivity contribution < 1.29 is 24.3 Å². The van der Waals surface area contributed by atoms with Crippen molar-refractivity contribution in [3.8, 4) is 0 Å². The molecule has 3 aromatic carbocycles. The second kappa shape index (κ2) is 14.7. The molecule has 0 saturated carbocycles. The highest BCUT2D eigenvalue weighted by Crippen LogP contribution is 2.40. The monoisotopic (exact) mass is 651 g/mol. The van der Waals surface area contributed by atoms with Crippen molar-refractivity contribution in [2.75, 3.05) is 11.9 Å². The van der Waals surface area contributed by atoms with Crippen molar-refractivity contribution in [3.63, 3.8) is 0 Å². The number of nitrogens with one attached hydrogen (secondary N) is 1. The Hall–Kier alpha value is -3.99. The number of thiazole rings is 1. The Balaban J connectivity index is 0.00000529. The third kappa shape index (κ3) is 8.34. The second-order valence-corrected chi connectivity index (χ2v) is 18.3. The van der Waals surface area contributed by atoms with Gasteiger partial charge in [0.25, 0.3) is 0 Å². The molecule has 0 aliphatic carbocycles. The molecule has 44 heavy (non-hydrogen) atoms. The van der Waals surface area contributed by atoms with Gasteiger partial charge in [0.1, 0.15) is 11.2 Å². The summed E-state index contributed by atoms with van der Waals surface area (Å²) in [5.74, 6) is -1.95. The summed E-state index contributed by atoms with van der Waals surface area (Å²) in [6, 6.07) is 30.9. The Morgan fingerprint density at radius 1 is 0.886 bits per heavy atom. The summed E-state index contributed by atoms with van der Waals surface area (Å²) >= 11 is 1.25. The Bertz CT molecular complexity index is 1460. The van der Waals surface area contributed by atoms with E-state index in [1.807, 2.05) is 91.0 Å². The topological polar surface area (TPSA) is 110 Å². The molecule has 4 rings (SSSR count). The van der Waals surface area contributed by atoms with Gasteiger partial charge in [0.05, 0.1) is 6.61 Å². The highest BCUT2D eigenvalue weighted by molar-refractivity contribution is 7.14. The highest BCUT2D eigenvalue weighted by atomic mass is 35.5. The first-order valence-corrected chi connectivity index (χ1v) is 18.6. The zero-order chi connectivity index (χ0) is 31.1. The molecule has 232 valence electrons. The average Bonchev–Trinajstić information content (AvgIpc) is 3.44. The lowest BCUT2D eigenvalue weighted by Crippen LogP contribution is -2.38. The number of nitrogens with zero attached hydrogens (tertiary/aromatic N) is 2. The van der Waals surface area contributed by atoms with Crippen LogP contribution in [-0.4, -0.2) is 48.0 Å². The fourth-order valence-corrected chi connectivity index (χ4v) is 5.86. The molecule has 11 heteroatoms. The second-order valence-electron chi connectivity index (χ2n) is 11.8. The maximum atomic E-state index is 12.7. The SMILES string of the molecule is CC(C)(ON=C(C(=O)O)c1csc(NC(c2ccccc2)(c2ccccc2)c2ccccc2)n1)C(=O)OCC[Si](C)(C)C.Cl. The van der Waals surface area contributed by atoms with Crippen LogP contribution in [-0.2, 0) is 24.7 Å². The number of carboxylic acids is 1. The number of hydrogen-bond acceptors (Lipinski definition) is 8. The molecule has 0 aliphatic rings. The Morgan fingerprint density at radius 3 is 1.80 bits per heavy atom. The zero-order valence-corrected chi connectivity index (χ0v) is 28.1. The highest BCUT2D eigenvalue weighted by Gasteiger charge is 2.38. The summed E-state index contributed by atoms with van der Waals surface area (Å²) in [6.07, 6.45) is 0. The molecule has 0 radical (unpaired) electrons. The summed E-state index contributed by atoms with van der Waals surface area (Å²) in [6.45, 7) is 9.83. The number of esters is 1. The van der Waals surface area contributed by atoms with Crippen LogP contribution < -0.4 is 5.32 Å². The number of anilines is 1. The minimum absolute atomic E-state index is 0. The van der Waals surface area contributed by atoms with E-state index in [0.29, 0.717) is 5.13 Å². The number of rotatable bonds is 13. The maximum absolute atomic E-state index is 12.7. The van der Waals surface area contributed by atoms with Gasteiger partial charge in [-0.3, -0.25) is 0 Å². The van der Waals surface area contributed by atoms with Gasteiger partial charge in [0.2, 0.25) is 11.3 Å². The van der Waals surface area contributed by atoms with Crippen molar-refractivity contribution in [2.45, 2.75) is 50.7 Å². The fourth-order valence-electron chi connectivity index (χ4n) is 4.40. The number of carbonyl (C=O) groups is 2. The molecule has 2 N–H and O–H groups in total. The van der Waals surface area contributed by atoms with Crippen molar-refractivity contribution >= 4 is 54.6 Å². The first kappa shape index (κ1) is 34.5. The Morgan fingerprint density at radius 2 is 1.36 bits per heavy atom. The van der Waals surface area contributed by atoms with Crippen LogP contribution in [0.1, 0.15) is 36.2 Å². The van der Waals surface area contributed by atoms with Crippen LogP contribution in [0.25, 0.3) is 0 Å². The molecule has 0 spiro atoms. The van der Waals surface area contributed by atoms with Crippen molar-refractivity contribution in [2.24, 2.45) is 5.16 Å². The van der Waals surface area contributed by atoms with Crippen molar-refractivity contribution in [1.82, 2.24) is 4.98 Å². The predicted molar refractivity (Wildman–Crippen MR) is 181 cm³/mol. The predicted octanol–water partition coefficient (Wildman–Crippen LogP) is 7.43. The number of aliphatic carboxylic acids is 1. The molecule has 0 atom stereocenters. The van der Waals surface area contributed by atoms with Crippen LogP contribution in [0.5, 0.6) is 0 Å². The van der Waals surface area contributed by atoms with Gasteiger partial charge in [-0.1, -0.05) is 116 Å². The lowest BCUT2D eigenvalue weighted by molar-refractivity contribution is -0.167. The van der Waals surface area contributed by atoms with E-state index in [4.69, 9.17) is 9.57 Å². The van der Waals surface area contributed by atoms with Crippen molar-refractivity contribution in [3.05, 3.63) is 119 Å². The van der Waals surface area contributed by atoms with Gasteiger partial charge < -0.3 is 20.0 Å². The number of carboxylic acid groups (broad SMARTS) is 1. The first-order chi connectivity index (χ1) is 20.4. The van der Waals surface area contributed by atoms with Gasteiger partial charge in [-0.25, -0.2) is 14.6 Å². The molecular formula is C33H38ClN3O5SSi. The summed E-state index contributed by atoms with van der Waals surface area (Å²) in [5.41, 5.74) is 0.303. The van der Waals surface area contributed by atoms with E-state index in [0.717, 1.165) is 22.7 Å². The van der Waals surface area contributed by atoms with Crippen LogP contribution in [0, 0.1) is 0 Å². The minimum atomic E-state index is -1.49. The summed E-state index contributed by atoms with van der Waals surface area (Å²) in [7, 11) is -1.40. The molecule has 0 fully saturated rings. The molecule has 0 aliphatic heterocycles. The summed E-state index contributed by atoms with van der Waals surface area (Å²) in [5, 5.41) is 19.6. The number of hydrogen-bond donors (Lipinski definition) is 2. The van der Waals surface area contributed by atoms with Gasteiger partial charge in [0, 0.05) is 13.5 Å². The third-order valence-corrected chi connectivity index (χ3v) is 9.27. The number of halogens is 1. The number of ether oxygens (including phenoxy) is 1. The Labute approximate surface area is 269 Å². The molecule has 4 aromatic rings. The molecule has 0 bridgehead atoms. The van der Waals surface area contributed by atoms with E-state index in [9.17, 15) is 14.7 Å². The molecule has 0 saturated heterocycles. The van der Waals surface area contributed by atoms with Crippen LogP contribution in [0.3, 0.4) is 0 Å². The number of aromatic nitrogens is 1. The quantitative estimate of drug-likeness (QED) is 0.0508. The van der Waals surface area contributed by atoms with Crippen molar-refractivity contribution in [1.29, 1.82) is 0 Å². The molecule has 8 nitrogen and oxygen atoms in total. The van der Waals surface area contributed by atoms with Crippen LogP contribution in [0.2, 0.25) is 25.7 Å². The van der Waals surface area contributed by atoms with E-state index in [2.05, 4.69) is 35.1 Å². The zero-order valence-electron chi connectivity index (χ0n) is 25.4. The summed E-state index contributed by atoms with van der Waals surface area (Å²) in [4.78, 5) is 35.0. The molecule has 1 heterocycles. The van der Waals surface area contributed by atoms with E-state index < -0.39 is 36.9 Å². The lowest BCUT2D eigenvalue weighted by Gasteiger charge is -2.36. The van der Waals surface area contributed by atoms with Gasteiger partial charge in [-0.2, -0.15) is 0 Å². The molecule has 0 amide bonds. The summed E-state index contributed by atoms with van der Waals surface area (Å²) < 4.78 is 5.40. The smallest absolute Gasteiger partial charge is 0.360 e. The van der Waals surface area contributed by atoms with Crippen LogP contribution >= 0.6 is 23.7 Å². The third-order valence-electron chi connectivity index (χ3n) is 6.81. The van der Waals surface area contributed by atoms with Gasteiger partial charge >= 0.3 is 11.9 Å². The van der Waals surface area contributed by atoms with E-state index in [-0.39, 0.29) is 24.7 Å². The van der Waals surface area contributed by atoms with E-state index in [1.54, 1.807) is 5.38 Å². The average molecular weight is 652 g/mol. The van der Waals surface area contributed by atoms with Crippen LogP contribution in [0.15, 0.2) is 102 Å².